The molecule has 2 aromatic heterocycles. The van der Waals surface area contributed by atoms with Crippen LogP contribution in [0.15, 0.2) is 6.33 Å². The molecule has 2 aromatic rings. The minimum atomic E-state index is -0.673. The summed E-state index contributed by atoms with van der Waals surface area (Å²) < 4.78 is 1.69. The molecular weight excluding hydrogens is 304 g/mol. The number of amides is 1. The summed E-state index contributed by atoms with van der Waals surface area (Å²) in [6, 6.07) is 2.32. The Morgan fingerprint density at radius 3 is 2.83 bits per heavy atom. The van der Waals surface area contributed by atoms with Gasteiger partial charge in [0.2, 0.25) is 5.91 Å². The Morgan fingerprint density at radius 2 is 2.12 bits per heavy atom. The molecule has 7 nitrogen and oxygen atoms in total. The van der Waals surface area contributed by atoms with Gasteiger partial charge in [-0.05, 0) is 38.7 Å². The second kappa shape index (κ2) is 6.56. The number of hydrogen-bond donors (Lipinski definition) is 1. The van der Waals surface area contributed by atoms with Gasteiger partial charge in [-0.1, -0.05) is 19.3 Å². The lowest BCUT2D eigenvalue weighted by Gasteiger charge is -2.31. The Balaban J connectivity index is 1.69. The Bertz CT molecular complexity index is 797. The highest BCUT2D eigenvalue weighted by Crippen LogP contribution is 2.27. The highest BCUT2D eigenvalue weighted by molar-refractivity contribution is 5.77. The molecule has 1 aliphatic carbocycles. The topological polar surface area (TPSA) is 96.0 Å². The van der Waals surface area contributed by atoms with E-state index >= 15 is 0 Å². The molecule has 0 radical (unpaired) electrons. The molecule has 0 spiro atoms. The number of aromatic nitrogens is 4. The van der Waals surface area contributed by atoms with Gasteiger partial charge < -0.3 is 5.32 Å². The van der Waals surface area contributed by atoms with Crippen molar-refractivity contribution in [2.24, 2.45) is 0 Å². The van der Waals surface area contributed by atoms with E-state index in [9.17, 15) is 10.1 Å². The zero-order valence-corrected chi connectivity index (χ0v) is 14.2. The summed E-state index contributed by atoms with van der Waals surface area (Å²) in [5.41, 5.74) is 2.16. The van der Waals surface area contributed by atoms with Gasteiger partial charge in [-0.3, -0.25) is 4.79 Å². The lowest BCUT2D eigenvalue weighted by Crippen LogP contribution is -2.48. The van der Waals surface area contributed by atoms with Crippen LogP contribution in [0.25, 0.3) is 5.78 Å². The molecule has 0 aliphatic heterocycles. The Kier molecular flexibility index (Phi) is 4.47. The van der Waals surface area contributed by atoms with Crippen molar-refractivity contribution < 1.29 is 4.79 Å². The third-order valence-corrected chi connectivity index (χ3v) is 4.89. The maximum Gasteiger partial charge on any atom is 0.252 e. The molecule has 126 valence electrons. The molecule has 1 fully saturated rings. The molecule has 3 rings (SSSR count). The predicted octanol–water partition coefficient (Wildman–Crippen LogP) is 2.02. The summed E-state index contributed by atoms with van der Waals surface area (Å²) in [4.78, 5) is 20.9. The van der Waals surface area contributed by atoms with Gasteiger partial charge in [-0.25, -0.2) is 9.50 Å². The molecule has 1 amide bonds. The van der Waals surface area contributed by atoms with Crippen molar-refractivity contribution in [3.05, 3.63) is 23.3 Å². The van der Waals surface area contributed by atoms with E-state index in [1.807, 2.05) is 13.8 Å². The van der Waals surface area contributed by atoms with E-state index in [-0.39, 0.29) is 5.91 Å². The highest BCUT2D eigenvalue weighted by Gasteiger charge is 2.33. The van der Waals surface area contributed by atoms with Crippen LogP contribution >= 0.6 is 0 Å². The second-order valence-corrected chi connectivity index (χ2v) is 6.54. The molecule has 1 N–H and O–H groups in total. The molecule has 0 aromatic carbocycles. The number of nitriles is 1. The van der Waals surface area contributed by atoms with Crippen molar-refractivity contribution in [3.63, 3.8) is 0 Å². The SMILES string of the molecule is Cc1nc2ncnn2c(C)c1CCC(=O)NC1(C#N)CCCCC1. The van der Waals surface area contributed by atoms with E-state index in [0.717, 1.165) is 49.1 Å². The number of aryl methyl sites for hydroxylation is 2. The van der Waals surface area contributed by atoms with Crippen LogP contribution in [0.5, 0.6) is 0 Å². The van der Waals surface area contributed by atoms with Crippen molar-refractivity contribution in [1.82, 2.24) is 24.9 Å². The van der Waals surface area contributed by atoms with Gasteiger partial charge in [0.15, 0.2) is 0 Å². The maximum absolute atomic E-state index is 12.4. The summed E-state index contributed by atoms with van der Waals surface area (Å²) in [6.45, 7) is 3.88. The molecule has 2 heterocycles. The van der Waals surface area contributed by atoms with Crippen molar-refractivity contribution >= 4 is 11.7 Å². The van der Waals surface area contributed by atoms with Crippen molar-refractivity contribution in [3.8, 4) is 6.07 Å². The number of fused-ring (bicyclic) bond motifs is 1. The predicted molar refractivity (Wildman–Crippen MR) is 88.1 cm³/mol. The van der Waals surface area contributed by atoms with Crippen LogP contribution in [-0.2, 0) is 11.2 Å². The number of carbonyl (C=O) groups excluding carboxylic acids is 1. The normalized spacial score (nSPS) is 16.7. The lowest BCUT2D eigenvalue weighted by atomic mass is 9.82. The zero-order chi connectivity index (χ0) is 17.2. The van der Waals surface area contributed by atoms with Gasteiger partial charge in [0.05, 0.1) is 6.07 Å². The molecule has 24 heavy (non-hydrogen) atoms. The minimum Gasteiger partial charge on any atom is -0.338 e. The standard InChI is InChI=1S/C17H22N6O/c1-12-14(13(2)23-16(21-12)19-11-20-23)6-7-15(24)22-17(10-18)8-4-3-5-9-17/h11H,3-9H2,1-2H3,(H,22,24). The summed E-state index contributed by atoms with van der Waals surface area (Å²) in [5.74, 6) is 0.500. The van der Waals surface area contributed by atoms with Crippen LogP contribution < -0.4 is 5.32 Å². The molecule has 0 saturated heterocycles. The number of rotatable bonds is 4. The quantitative estimate of drug-likeness (QED) is 0.927. The number of hydrogen-bond acceptors (Lipinski definition) is 5. The van der Waals surface area contributed by atoms with Crippen LogP contribution in [0, 0.1) is 25.2 Å². The smallest absolute Gasteiger partial charge is 0.252 e. The monoisotopic (exact) mass is 326 g/mol. The van der Waals surface area contributed by atoms with E-state index in [4.69, 9.17) is 0 Å². The summed E-state index contributed by atoms with van der Waals surface area (Å²) in [6.07, 6.45) is 7.03. The van der Waals surface area contributed by atoms with Gasteiger partial charge in [0, 0.05) is 17.8 Å². The van der Waals surface area contributed by atoms with Crippen LogP contribution in [-0.4, -0.2) is 31.0 Å². The number of nitrogens with one attached hydrogen (secondary N) is 1. The molecule has 0 atom stereocenters. The summed E-state index contributed by atoms with van der Waals surface area (Å²) in [7, 11) is 0. The van der Waals surface area contributed by atoms with Gasteiger partial charge in [-0.2, -0.15) is 15.3 Å². The van der Waals surface area contributed by atoms with E-state index in [0.29, 0.717) is 18.6 Å². The first kappa shape index (κ1) is 16.4. The average Bonchev–Trinajstić information content (AvgIpc) is 3.04. The Labute approximate surface area is 141 Å². The zero-order valence-electron chi connectivity index (χ0n) is 14.2. The Hall–Kier alpha value is -2.49. The average molecular weight is 326 g/mol. The van der Waals surface area contributed by atoms with Gasteiger partial charge in [0.1, 0.15) is 11.9 Å². The van der Waals surface area contributed by atoms with E-state index in [2.05, 4.69) is 26.5 Å². The fraction of sp³-hybridized carbons (Fsp3) is 0.588. The lowest BCUT2D eigenvalue weighted by molar-refractivity contribution is -0.122. The molecule has 0 unspecified atom stereocenters. The first-order valence-corrected chi connectivity index (χ1v) is 8.43. The van der Waals surface area contributed by atoms with Crippen molar-refractivity contribution in [2.75, 3.05) is 0 Å². The fourth-order valence-corrected chi connectivity index (χ4v) is 3.51. The molecule has 1 aliphatic rings. The van der Waals surface area contributed by atoms with Crippen LogP contribution in [0.1, 0.15) is 55.5 Å². The maximum atomic E-state index is 12.4. The highest BCUT2D eigenvalue weighted by atomic mass is 16.1. The molecule has 1 saturated carbocycles. The van der Waals surface area contributed by atoms with Crippen LogP contribution in [0.4, 0.5) is 0 Å². The van der Waals surface area contributed by atoms with Gasteiger partial charge in [-0.15, -0.1) is 0 Å². The first-order chi connectivity index (χ1) is 11.5. The molecule has 0 bridgehead atoms. The Morgan fingerprint density at radius 1 is 1.38 bits per heavy atom. The summed E-state index contributed by atoms with van der Waals surface area (Å²) >= 11 is 0. The second-order valence-electron chi connectivity index (χ2n) is 6.54. The van der Waals surface area contributed by atoms with Gasteiger partial charge >= 0.3 is 0 Å². The third-order valence-electron chi connectivity index (χ3n) is 4.89. The van der Waals surface area contributed by atoms with E-state index < -0.39 is 5.54 Å². The van der Waals surface area contributed by atoms with Crippen molar-refractivity contribution in [1.29, 1.82) is 5.26 Å². The first-order valence-electron chi connectivity index (χ1n) is 8.43. The summed E-state index contributed by atoms with van der Waals surface area (Å²) in [5, 5.41) is 16.6. The minimum absolute atomic E-state index is 0.0732. The molecule has 7 heteroatoms. The molecular formula is C17H22N6O. The van der Waals surface area contributed by atoms with E-state index in [1.165, 1.54) is 6.33 Å². The van der Waals surface area contributed by atoms with Crippen LogP contribution in [0.2, 0.25) is 0 Å². The van der Waals surface area contributed by atoms with Crippen LogP contribution in [0.3, 0.4) is 0 Å². The third kappa shape index (κ3) is 3.09. The fourth-order valence-electron chi connectivity index (χ4n) is 3.51. The number of carbonyl (C=O) groups is 1. The number of nitrogens with zero attached hydrogens (tertiary/aromatic N) is 5. The van der Waals surface area contributed by atoms with Gasteiger partial charge in [0.25, 0.3) is 5.78 Å². The largest absolute Gasteiger partial charge is 0.338 e. The van der Waals surface area contributed by atoms with Crippen molar-refractivity contribution in [2.45, 2.75) is 64.3 Å². The van der Waals surface area contributed by atoms with E-state index in [1.54, 1.807) is 4.52 Å².